The molecule has 0 aliphatic carbocycles. The molecule has 0 unspecified atom stereocenters. The summed E-state index contributed by atoms with van der Waals surface area (Å²) in [7, 11) is 1.55. The largest absolute Gasteiger partial charge is 0.497 e. The van der Waals surface area contributed by atoms with Gasteiger partial charge in [0.1, 0.15) is 5.75 Å². The number of ether oxygens (including phenoxy) is 1. The number of rotatable bonds is 3. The van der Waals surface area contributed by atoms with Gasteiger partial charge in [-0.15, -0.1) is 0 Å². The minimum absolute atomic E-state index is 0.148. The highest BCUT2D eigenvalue weighted by molar-refractivity contribution is 9.10. The molecule has 0 saturated carbocycles. The van der Waals surface area contributed by atoms with Crippen LogP contribution in [0.5, 0.6) is 5.75 Å². The van der Waals surface area contributed by atoms with E-state index >= 15 is 0 Å². The molecule has 0 atom stereocenters. The lowest BCUT2D eigenvalue weighted by Crippen LogP contribution is -2.03. The summed E-state index contributed by atoms with van der Waals surface area (Å²) in [6.45, 7) is 0. The van der Waals surface area contributed by atoms with Crippen molar-refractivity contribution in [2.24, 2.45) is 0 Å². The predicted molar refractivity (Wildman–Crippen MR) is 83.0 cm³/mol. The Morgan fingerprint density at radius 3 is 2.57 bits per heavy atom. The van der Waals surface area contributed by atoms with Crippen molar-refractivity contribution in [3.8, 4) is 5.75 Å². The summed E-state index contributed by atoms with van der Waals surface area (Å²) in [5.41, 5.74) is 1.93. The standard InChI is InChI=1S/C15H11BrN2O3/c1-21-9-4-2-3-8(5-9)14(19)10-6-12-13(7-11(10)16)18-15(20)17-12/h2-7H,1H3,(H2,17,18,20). The van der Waals surface area contributed by atoms with Crippen LogP contribution in [0.2, 0.25) is 0 Å². The van der Waals surface area contributed by atoms with Crippen LogP contribution < -0.4 is 10.4 Å². The Hall–Kier alpha value is -2.34. The summed E-state index contributed by atoms with van der Waals surface area (Å²) in [5.74, 6) is 0.470. The predicted octanol–water partition coefficient (Wildman–Crippen LogP) is 2.86. The zero-order chi connectivity index (χ0) is 15.0. The molecule has 0 aliphatic heterocycles. The first-order chi connectivity index (χ1) is 10.1. The van der Waals surface area contributed by atoms with E-state index in [1.54, 1.807) is 43.5 Å². The molecule has 0 spiro atoms. The van der Waals surface area contributed by atoms with Gasteiger partial charge in [0.2, 0.25) is 0 Å². The van der Waals surface area contributed by atoms with E-state index in [2.05, 4.69) is 25.9 Å². The Labute approximate surface area is 128 Å². The highest BCUT2D eigenvalue weighted by Gasteiger charge is 2.15. The molecule has 106 valence electrons. The van der Waals surface area contributed by atoms with Crippen molar-refractivity contribution in [3.63, 3.8) is 0 Å². The maximum Gasteiger partial charge on any atom is 0.323 e. The van der Waals surface area contributed by atoms with Crippen molar-refractivity contribution in [3.05, 3.63) is 62.5 Å². The van der Waals surface area contributed by atoms with Crippen molar-refractivity contribution in [1.82, 2.24) is 9.97 Å². The first-order valence-electron chi connectivity index (χ1n) is 6.19. The number of carbonyl (C=O) groups is 1. The number of benzene rings is 2. The van der Waals surface area contributed by atoms with Gasteiger partial charge in [-0.2, -0.15) is 0 Å². The van der Waals surface area contributed by atoms with Crippen molar-refractivity contribution in [1.29, 1.82) is 0 Å². The van der Waals surface area contributed by atoms with Crippen LogP contribution in [0.4, 0.5) is 0 Å². The minimum atomic E-state index is -0.303. The molecule has 1 heterocycles. The first kappa shape index (κ1) is 13.6. The molecule has 0 fully saturated rings. The second-order valence-electron chi connectivity index (χ2n) is 4.52. The molecule has 2 N–H and O–H groups in total. The van der Waals surface area contributed by atoms with Crippen LogP contribution in [0.15, 0.2) is 45.7 Å². The molecule has 0 radical (unpaired) electrons. The smallest absolute Gasteiger partial charge is 0.323 e. The van der Waals surface area contributed by atoms with Crippen LogP contribution in [0.1, 0.15) is 15.9 Å². The maximum absolute atomic E-state index is 12.6. The summed E-state index contributed by atoms with van der Waals surface area (Å²) < 4.78 is 5.75. The molecule has 0 saturated heterocycles. The summed E-state index contributed by atoms with van der Waals surface area (Å²) in [4.78, 5) is 29.2. The number of methoxy groups -OCH3 is 1. The second kappa shape index (κ2) is 5.21. The van der Waals surface area contributed by atoms with Gasteiger partial charge in [-0.05, 0) is 40.2 Å². The van der Waals surface area contributed by atoms with E-state index in [0.717, 1.165) is 0 Å². The third kappa shape index (κ3) is 2.50. The van der Waals surface area contributed by atoms with Gasteiger partial charge in [-0.3, -0.25) is 4.79 Å². The summed E-state index contributed by atoms with van der Waals surface area (Å²) in [5, 5.41) is 0. The van der Waals surface area contributed by atoms with Gasteiger partial charge in [0, 0.05) is 15.6 Å². The molecule has 0 bridgehead atoms. The van der Waals surface area contributed by atoms with E-state index in [-0.39, 0.29) is 11.5 Å². The Kier molecular flexibility index (Phi) is 3.39. The lowest BCUT2D eigenvalue weighted by atomic mass is 10.0. The van der Waals surface area contributed by atoms with E-state index in [4.69, 9.17) is 4.74 Å². The average molecular weight is 347 g/mol. The average Bonchev–Trinajstić information content (AvgIpc) is 2.84. The fourth-order valence-corrected chi connectivity index (χ4v) is 2.67. The van der Waals surface area contributed by atoms with Gasteiger partial charge < -0.3 is 14.7 Å². The molecule has 6 heteroatoms. The van der Waals surface area contributed by atoms with E-state index < -0.39 is 0 Å². The van der Waals surface area contributed by atoms with Crippen molar-refractivity contribution < 1.29 is 9.53 Å². The fraction of sp³-hybridized carbons (Fsp3) is 0.0667. The van der Waals surface area contributed by atoms with Gasteiger partial charge in [-0.1, -0.05) is 12.1 Å². The number of halogens is 1. The Balaban J connectivity index is 2.11. The van der Waals surface area contributed by atoms with Gasteiger partial charge in [-0.25, -0.2) is 4.79 Å². The summed E-state index contributed by atoms with van der Waals surface area (Å²) >= 11 is 3.37. The molecule has 3 rings (SSSR count). The number of fused-ring (bicyclic) bond motifs is 1. The summed E-state index contributed by atoms with van der Waals surface area (Å²) in [6, 6.07) is 10.3. The van der Waals surface area contributed by atoms with Crippen LogP contribution in [0.3, 0.4) is 0 Å². The Bertz CT molecular complexity index is 895. The zero-order valence-corrected chi connectivity index (χ0v) is 12.7. The fourth-order valence-electron chi connectivity index (χ4n) is 2.15. The van der Waals surface area contributed by atoms with Crippen LogP contribution >= 0.6 is 15.9 Å². The highest BCUT2D eigenvalue weighted by atomic mass is 79.9. The summed E-state index contributed by atoms with van der Waals surface area (Å²) in [6.07, 6.45) is 0. The van der Waals surface area contributed by atoms with Crippen molar-refractivity contribution in [2.45, 2.75) is 0 Å². The normalized spacial score (nSPS) is 10.8. The van der Waals surface area contributed by atoms with Gasteiger partial charge in [0.15, 0.2) is 5.78 Å². The van der Waals surface area contributed by atoms with E-state index in [0.29, 0.717) is 32.4 Å². The lowest BCUT2D eigenvalue weighted by molar-refractivity contribution is 0.103. The van der Waals surface area contributed by atoms with Gasteiger partial charge in [0.05, 0.1) is 18.1 Å². The Morgan fingerprint density at radius 2 is 1.86 bits per heavy atom. The lowest BCUT2D eigenvalue weighted by Gasteiger charge is -2.06. The SMILES string of the molecule is COc1cccc(C(=O)c2cc3[nH]c(=O)[nH]c3cc2Br)c1. The molecular formula is C15H11BrN2O3. The molecule has 1 aromatic heterocycles. The molecule has 3 aromatic rings. The molecule has 0 amide bonds. The topological polar surface area (TPSA) is 75.0 Å². The number of hydrogen-bond acceptors (Lipinski definition) is 3. The first-order valence-corrected chi connectivity index (χ1v) is 6.98. The molecule has 5 nitrogen and oxygen atoms in total. The van der Waals surface area contributed by atoms with Gasteiger partial charge in [0.25, 0.3) is 0 Å². The van der Waals surface area contributed by atoms with E-state index in [1.165, 1.54) is 0 Å². The number of aromatic amines is 2. The minimum Gasteiger partial charge on any atom is -0.497 e. The third-order valence-corrected chi connectivity index (χ3v) is 3.84. The molecule has 21 heavy (non-hydrogen) atoms. The van der Waals surface area contributed by atoms with Crippen molar-refractivity contribution >= 4 is 32.7 Å². The zero-order valence-electron chi connectivity index (χ0n) is 11.1. The van der Waals surface area contributed by atoms with Crippen LogP contribution in [0.25, 0.3) is 11.0 Å². The molecule has 2 aromatic carbocycles. The molecular weight excluding hydrogens is 336 g/mol. The number of carbonyl (C=O) groups excluding carboxylic acids is 1. The number of ketones is 1. The van der Waals surface area contributed by atoms with Crippen LogP contribution in [-0.4, -0.2) is 22.9 Å². The third-order valence-electron chi connectivity index (χ3n) is 3.18. The number of hydrogen-bond donors (Lipinski definition) is 2. The number of nitrogens with one attached hydrogen (secondary N) is 2. The van der Waals surface area contributed by atoms with Crippen LogP contribution in [-0.2, 0) is 0 Å². The Morgan fingerprint density at radius 1 is 1.14 bits per heavy atom. The van der Waals surface area contributed by atoms with Crippen LogP contribution in [0, 0.1) is 0 Å². The number of imidazole rings is 1. The van der Waals surface area contributed by atoms with E-state index in [9.17, 15) is 9.59 Å². The van der Waals surface area contributed by atoms with Crippen molar-refractivity contribution in [2.75, 3.05) is 7.11 Å². The monoisotopic (exact) mass is 346 g/mol. The second-order valence-corrected chi connectivity index (χ2v) is 5.37. The number of H-pyrrole nitrogens is 2. The number of aromatic nitrogens is 2. The maximum atomic E-state index is 12.6. The quantitative estimate of drug-likeness (QED) is 0.716. The molecule has 0 aliphatic rings. The van der Waals surface area contributed by atoms with Gasteiger partial charge >= 0.3 is 5.69 Å². The van der Waals surface area contributed by atoms with E-state index in [1.807, 2.05) is 0 Å². The highest BCUT2D eigenvalue weighted by Crippen LogP contribution is 2.25.